The lowest BCUT2D eigenvalue weighted by Gasteiger charge is -2.14. The number of carbonyl (C=O) groups excluding carboxylic acids is 1. The molecule has 1 aliphatic rings. The lowest BCUT2D eigenvalue weighted by molar-refractivity contribution is 0.102. The summed E-state index contributed by atoms with van der Waals surface area (Å²) in [6.45, 7) is 0. The maximum Gasteiger partial charge on any atom is 0.264 e. The Bertz CT molecular complexity index is 1230. The van der Waals surface area contributed by atoms with Gasteiger partial charge in [-0.25, -0.2) is 17.8 Å². The van der Waals surface area contributed by atoms with E-state index in [0.717, 1.165) is 25.0 Å². The minimum Gasteiger partial charge on any atom is -0.367 e. The third kappa shape index (κ3) is 5.12. The number of halogens is 2. The van der Waals surface area contributed by atoms with E-state index in [2.05, 4.69) is 20.3 Å². The monoisotopic (exact) mass is 460 g/mol. The second kappa shape index (κ2) is 8.52. The van der Waals surface area contributed by atoms with Crippen molar-refractivity contribution >= 4 is 44.7 Å². The summed E-state index contributed by atoms with van der Waals surface area (Å²) < 4.78 is 41.5. The van der Waals surface area contributed by atoms with E-state index in [9.17, 15) is 17.6 Å². The molecule has 0 saturated heterocycles. The highest BCUT2D eigenvalue weighted by Gasteiger charge is 2.22. The van der Waals surface area contributed by atoms with E-state index in [0.29, 0.717) is 11.9 Å². The molecule has 1 aromatic heterocycles. The van der Waals surface area contributed by atoms with Gasteiger partial charge in [0.2, 0.25) is 0 Å². The predicted molar refractivity (Wildman–Crippen MR) is 117 cm³/mol. The Morgan fingerprint density at radius 2 is 1.84 bits per heavy atom. The molecule has 0 aliphatic heterocycles. The second-order valence-electron chi connectivity index (χ2n) is 7.03. The number of benzene rings is 2. The van der Waals surface area contributed by atoms with Crippen LogP contribution in [0.15, 0.2) is 65.7 Å². The molecule has 0 radical (unpaired) electrons. The first-order valence-corrected chi connectivity index (χ1v) is 11.3. The van der Waals surface area contributed by atoms with E-state index < -0.39 is 26.6 Å². The first kappa shape index (κ1) is 21.1. The summed E-state index contributed by atoms with van der Waals surface area (Å²) in [5.74, 6) is -0.709. The number of hydrogen-bond acceptors (Lipinski definition) is 5. The Labute approximate surface area is 183 Å². The van der Waals surface area contributed by atoms with E-state index in [1.807, 2.05) is 0 Å². The standard InChI is InChI=1S/C21H18ClFN4O3S/c22-14-6-9-17(27-31(29,30)19-4-2-1-3-16(19)23)18(11-14)26-21(28)13-5-10-20(24-12-13)25-15-7-8-15/h1-6,9-12,15,27H,7-8H2,(H,24,25)(H,26,28). The molecule has 0 atom stereocenters. The molecule has 4 rings (SSSR count). The molecule has 0 bridgehead atoms. The van der Waals surface area contributed by atoms with Gasteiger partial charge in [0.15, 0.2) is 0 Å². The molecule has 1 saturated carbocycles. The molecule has 0 spiro atoms. The number of pyridine rings is 1. The number of aromatic nitrogens is 1. The van der Waals surface area contributed by atoms with Crippen molar-refractivity contribution in [2.24, 2.45) is 0 Å². The second-order valence-corrected chi connectivity index (χ2v) is 9.12. The number of rotatable bonds is 7. The Morgan fingerprint density at radius 3 is 2.52 bits per heavy atom. The lowest BCUT2D eigenvalue weighted by atomic mass is 10.2. The smallest absolute Gasteiger partial charge is 0.264 e. The summed E-state index contributed by atoms with van der Waals surface area (Å²) >= 11 is 6.03. The fourth-order valence-corrected chi connectivity index (χ4v) is 4.15. The van der Waals surface area contributed by atoms with Gasteiger partial charge in [0, 0.05) is 17.3 Å². The lowest BCUT2D eigenvalue weighted by Crippen LogP contribution is -2.18. The number of nitrogens with one attached hydrogen (secondary N) is 3. The van der Waals surface area contributed by atoms with Gasteiger partial charge in [-0.1, -0.05) is 23.7 Å². The van der Waals surface area contributed by atoms with Crippen LogP contribution in [0, 0.1) is 5.82 Å². The third-order valence-corrected chi connectivity index (χ3v) is 6.19. The highest BCUT2D eigenvalue weighted by Crippen LogP contribution is 2.29. The SMILES string of the molecule is O=C(Nc1cc(Cl)ccc1NS(=O)(=O)c1ccccc1F)c1ccc(NC2CC2)nc1. The first-order valence-electron chi connectivity index (χ1n) is 9.43. The molecule has 160 valence electrons. The van der Waals surface area contributed by atoms with Gasteiger partial charge >= 0.3 is 0 Å². The van der Waals surface area contributed by atoms with Gasteiger partial charge in [-0.15, -0.1) is 0 Å². The predicted octanol–water partition coefficient (Wildman–Crippen LogP) is 4.50. The van der Waals surface area contributed by atoms with Gasteiger partial charge in [0.25, 0.3) is 15.9 Å². The van der Waals surface area contributed by atoms with Crippen LogP contribution in [0.5, 0.6) is 0 Å². The van der Waals surface area contributed by atoms with Gasteiger partial charge in [0.1, 0.15) is 16.5 Å². The zero-order valence-corrected chi connectivity index (χ0v) is 17.7. The summed E-state index contributed by atoms with van der Waals surface area (Å²) in [5.41, 5.74) is 0.447. The summed E-state index contributed by atoms with van der Waals surface area (Å²) in [6, 6.07) is 13.0. The van der Waals surface area contributed by atoms with Crippen LogP contribution in [0.4, 0.5) is 21.6 Å². The molecular weight excluding hydrogens is 443 g/mol. The van der Waals surface area contributed by atoms with E-state index in [4.69, 9.17) is 11.6 Å². The van der Waals surface area contributed by atoms with Gasteiger partial charge in [-0.2, -0.15) is 0 Å². The summed E-state index contributed by atoms with van der Waals surface area (Å²) in [4.78, 5) is 16.4. The maximum absolute atomic E-state index is 14.0. The number of hydrogen-bond donors (Lipinski definition) is 3. The topological polar surface area (TPSA) is 100 Å². The summed E-state index contributed by atoms with van der Waals surface area (Å²) in [5, 5.41) is 6.13. The Hall–Kier alpha value is -3.17. The van der Waals surface area contributed by atoms with Crippen molar-refractivity contribution in [1.82, 2.24) is 4.98 Å². The van der Waals surface area contributed by atoms with Crippen LogP contribution in [0.1, 0.15) is 23.2 Å². The molecule has 1 fully saturated rings. The molecule has 0 unspecified atom stereocenters. The van der Waals surface area contributed by atoms with Gasteiger partial charge in [-0.05, 0) is 55.3 Å². The Balaban J connectivity index is 1.55. The van der Waals surface area contributed by atoms with Crippen molar-refractivity contribution in [1.29, 1.82) is 0 Å². The van der Waals surface area contributed by atoms with E-state index >= 15 is 0 Å². The molecule has 10 heteroatoms. The molecule has 1 aliphatic carbocycles. The van der Waals surface area contributed by atoms with Crippen LogP contribution in [0.2, 0.25) is 5.02 Å². The number of anilines is 3. The number of sulfonamides is 1. The fraction of sp³-hybridized carbons (Fsp3) is 0.143. The molecule has 1 amide bonds. The van der Waals surface area contributed by atoms with E-state index in [-0.39, 0.29) is 22.0 Å². The van der Waals surface area contributed by atoms with Crippen molar-refractivity contribution in [2.75, 3.05) is 15.4 Å². The molecule has 2 aromatic carbocycles. The Morgan fingerprint density at radius 1 is 1.06 bits per heavy atom. The zero-order valence-electron chi connectivity index (χ0n) is 16.1. The first-order chi connectivity index (χ1) is 14.8. The zero-order chi connectivity index (χ0) is 22.0. The quantitative estimate of drug-likeness (QED) is 0.482. The maximum atomic E-state index is 14.0. The van der Waals surface area contributed by atoms with Crippen LogP contribution < -0.4 is 15.4 Å². The molecule has 7 nitrogen and oxygen atoms in total. The molecule has 3 aromatic rings. The number of carbonyl (C=O) groups is 1. The van der Waals surface area contributed by atoms with Crippen LogP contribution >= 0.6 is 11.6 Å². The summed E-state index contributed by atoms with van der Waals surface area (Å²) in [6.07, 6.45) is 3.63. The van der Waals surface area contributed by atoms with Crippen LogP contribution in [0.25, 0.3) is 0 Å². The van der Waals surface area contributed by atoms with Crippen molar-refractivity contribution in [3.63, 3.8) is 0 Å². The molecular formula is C21H18ClFN4O3S. The largest absolute Gasteiger partial charge is 0.367 e. The van der Waals surface area contributed by atoms with Crippen molar-refractivity contribution in [3.05, 3.63) is 77.2 Å². The highest BCUT2D eigenvalue weighted by molar-refractivity contribution is 7.92. The summed E-state index contributed by atoms with van der Waals surface area (Å²) in [7, 11) is -4.23. The average molecular weight is 461 g/mol. The van der Waals surface area contributed by atoms with Crippen LogP contribution in [-0.2, 0) is 10.0 Å². The molecule has 3 N–H and O–H groups in total. The van der Waals surface area contributed by atoms with Gasteiger partial charge < -0.3 is 10.6 Å². The molecule has 1 heterocycles. The van der Waals surface area contributed by atoms with E-state index in [1.165, 1.54) is 36.5 Å². The number of amides is 1. The van der Waals surface area contributed by atoms with E-state index in [1.54, 1.807) is 12.1 Å². The minimum atomic E-state index is -4.23. The highest BCUT2D eigenvalue weighted by atomic mass is 35.5. The van der Waals surface area contributed by atoms with Crippen molar-refractivity contribution < 1.29 is 17.6 Å². The van der Waals surface area contributed by atoms with Crippen molar-refractivity contribution in [3.8, 4) is 0 Å². The van der Waals surface area contributed by atoms with Crippen molar-refractivity contribution in [2.45, 2.75) is 23.8 Å². The third-order valence-electron chi connectivity index (χ3n) is 4.56. The number of nitrogens with zero attached hydrogens (tertiary/aromatic N) is 1. The van der Waals surface area contributed by atoms with Gasteiger partial charge in [0.05, 0.1) is 16.9 Å². The minimum absolute atomic E-state index is 0.0426. The molecule has 31 heavy (non-hydrogen) atoms. The van der Waals surface area contributed by atoms with Crippen LogP contribution in [-0.4, -0.2) is 25.4 Å². The fourth-order valence-electron chi connectivity index (χ4n) is 2.82. The average Bonchev–Trinajstić information content (AvgIpc) is 3.54. The van der Waals surface area contributed by atoms with Crippen LogP contribution in [0.3, 0.4) is 0 Å². The normalized spacial score (nSPS) is 13.5. The Kier molecular flexibility index (Phi) is 5.79. The van der Waals surface area contributed by atoms with Gasteiger partial charge in [-0.3, -0.25) is 9.52 Å².